The third-order valence-electron chi connectivity index (χ3n) is 4.00. The minimum absolute atomic E-state index is 0.344. The van der Waals surface area contributed by atoms with Crippen molar-refractivity contribution >= 4 is 0 Å². The van der Waals surface area contributed by atoms with E-state index in [0.717, 1.165) is 17.4 Å². The molecule has 1 N–H and O–H groups in total. The Morgan fingerprint density at radius 1 is 1.39 bits per heavy atom. The molecule has 1 saturated carbocycles. The normalized spacial score (nSPS) is 18.3. The van der Waals surface area contributed by atoms with E-state index in [4.69, 9.17) is 9.15 Å². The summed E-state index contributed by atoms with van der Waals surface area (Å²) >= 11 is 0. The Labute approximate surface area is 110 Å². The number of nitrogens with one attached hydrogen (secondary N) is 1. The van der Waals surface area contributed by atoms with Gasteiger partial charge in [0.25, 0.3) is 0 Å². The monoisotopic (exact) mass is 251 g/mol. The van der Waals surface area contributed by atoms with Crippen molar-refractivity contribution < 1.29 is 9.15 Å². The minimum Gasteiger partial charge on any atom is -0.462 e. The maximum Gasteiger partial charge on any atom is 0.129 e. The Kier molecular flexibility index (Phi) is 5.26. The lowest BCUT2D eigenvalue weighted by molar-refractivity contribution is 0.161. The molecule has 1 aromatic heterocycles. The van der Waals surface area contributed by atoms with Crippen LogP contribution in [0.2, 0.25) is 0 Å². The Balaban J connectivity index is 1.85. The molecule has 1 aliphatic rings. The van der Waals surface area contributed by atoms with Crippen molar-refractivity contribution in [1.29, 1.82) is 0 Å². The molecule has 0 bridgehead atoms. The number of furan rings is 1. The number of hydrogen-bond donors (Lipinski definition) is 1. The zero-order valence-electron chi connectivity index (χ0n) is 11.6. The minimum atomic E-state index is 0.344. The van der Waals surface area contributed by atoms with E-state index >= 15 is 0 Å². The molecule has 0 aromatic carbocycles. The molecule has 3 heteroatoms. The van der Waals surface area contributed by atoms with Crippen LogP contribution < -0.4 is 5.32 Å². The first-order valence-electron chi connectivity index (χ1n) is 7.08. The van der Waals surface area contributed by atoms with Crippen LogP contribution in [-0.4, -0.2) is 14.2 Å². The quantitative estimate of drug-likeness (QED) is 0.803. The molecule has 0 radical (unpaired) electrons. The lowest BCUT2D eigenvalue weighted by Crippen LogP contribution is -2.16. The highest BCUT2D eigenvalue weighted by molar-refractivity contribution is 5.10. The van der Waals surface area contributed by atoms with Gasteiger partial charge in [0, 0.05) is 7.11 Å². The van der Waals surface area contributed by atoms with Crippen LogP contribution in [0.3, 0.4) is 0 Å². The summed E-state index contributed by atoms with van der Waals surface area (Å²) in [5.74, 6) is 2.89. The second-order valence-corrected chi connectivity index (χ2v) is 5.31. The van der Waals surface area contributed by atoms with Crippen LogP contribution in [0, 0.1) is 5.92 Å². The molecule has 1 aliphatic carbocycles. The van der Waals surface area contributed by atoms with Crippen molar-refractivity contribution in [2.75, 3.05) is 14.2 Å². The van der Waals surface area contributed by atoms with Gasteiger partial charge in [-0.3, -0.25) is 0 Å². The molecule has 1 atom stereocenters. The van der Waals surface area contributed by atoms with E-state index in [0.29, 0.717) is 12.6 Å². The summed E-state index contributed by atoms with van der Waals surface area (Å²) < 4.78 is 10.9. The van der Waals surface area contributed by atoms with E-state index < -0.39 is 0 Å². The molecule has 1 fully saturated rings. The number of rotatable bonds is 7. The van der Waals surface area contributed by atoms with Crippen LogP contribution in [0.5, 0.6) is 0 Å². The lowest BCUT2D eigenvalue weighted by Gasteiger charge is -2.16. The fraction of sp³-hybridized carbons (Fsp3) is 0.733. The van der Waals surface area contributed by atoms with Crippen LogP contribution in [0.1, 0.15) is 56.1 Å². The predicted molar refractivity (Wildman–Crippen MR) is 72.4 cm³/mol. The first kappa shape index (κ1) is 13.6. The van der Waals surface area contributed by atoms with E-state index in [1.165, 1.54) is 38.5 Å². The molecule has 1 aromatic rings. The van der Waals surface area contributed by atoms with Crippen LogP contribution >= 0.6 is 0 Å². The van der Waals surface area contributed by atoms with E-state index in [9.17, 15) is 0 Å². The van der Waals surface area contributed by atoms with Crippen molar-refractivity contribution in [3.63, 3.8) is 0 Å². The third kappa shape index (κ3) is 3.59. The topological polar surface area (TPSA) is 34.4 Å². The second kappa shape index (κ2) is 6.95. The summed E-state index contributed by atoms with van der Waals surface area (Å²) in [6.07, 6.45) is 8.17. The van der Waals surface area contributed by atoms with Gasteiger partial charge in [-0.1, -0.05) is 25.7 Å². The average Bonchev–Trinajstić information content (AvgIpc) is 3.02. The first-order chi connectivity index (χ1) is 8.83. The van der Waals surface area contributed by atoms with Gasteiger partial charge in [-0.25, -0.2) is 0 Å². The highest BCUT2D eigenvalue weighted by Gasteiger charge is 2.19. The molecule has 0 spiro atoms. The molecule has 18 heavy (non-hydrogen) atoms. The van der Waals surface area contributed by atoms with Crippen LogP contribution in [-0.2, 0) is 11.3 Å². The predicted octanol–water partition coefficient (Wildman–Crippen LogP) is 3.66. The molecular formula is C15H25NO2. The van der Waals surface area contributed by atoms with Crippen molar-refractivity contribution in [3.05, 3.63) is 23.7 Å². The Morgan fingerprint density at radius 2 is 2.17 bits per heavy atom. The zero-order chi connectivity index (χ0) is 12.8. The average molecular weight is 251 g/mol. The van der Waals surface area contributed by atoms with Crippen molar-refractivity contribution in [2.45, 2.75) is 51.2 Å². The van der Waals surface area contributed by atoms with Crippen molar-refractivity contribution in [2.24, 2.45) is 5.92 Å². The van der Waals surface area contributed by atoms with Gasteiger partial charge in [0.05, 0.1) is 6.04 Å². The number of ether oxygens (including phenoxy) is 1. The van der Waals surface area contributed by atoms with Gasteiger partial charge in [-0.15, -0.1) is 0 Å². The Morgan fingerprint density at radius 3 is 2.83 bits per heavy atom. The summed E-state index contributed by atoms with van der Waals surface area (Å²) in [5, 5.41) is 3.36. The molecule has 0 amide bonds. The second-order valence-electron chi connectivity index (χ2n) is 5.31. The Hall–Kier alpha value is -0.800. The molecule has 2 rings (SSSR count). The van der Waals surface area contributed by atoms with Gasteiger partial charge in [-0.05, 0) is 37.9 Å². The fourth-order valence-corrected chi connectivity index (χ4v) is 2.93. The highest BCUT2D eigenvalue weighted by atomic mass is 16.5. The molecular weight excluding hydrogens is 226 g/mol. The van der Waals surface area contributed by atoms with E-state index in [2.05, 4.69) is 11.4 Å². The van der Waals surface area contributed by atoms with Gasteiger partial charge in [0.15, 0.2) is 0 Å². The number of hydrogen-bond acceptors (Lipinski definition) is 3. The van der Waals surface area contributed by atoms with Gasteiger partial charge in [-0.2, -0.15) is 0 Å². The largest absolute Gasteiger partial charge is 0.462 e. The third-order valence-corrected chi connectivity index (χ3v) is 4.00. The summed E-state index contributed by atoms with van der Waals surface area (Å²) in [4.78, 5) is 0. The maximum absolute atomic E-state index is 5.80. The standard InChI is InChI=1S/C15H25NO2/c1-16-14(9-7-12-5-3-4-6-12)15-10-8-13(18-15)11-17-2/h8,10,12,14,16H,3-7,9,11H2,1-2H3. The summed E-state index contributed by atoms with van der Waals surface area (Å²) in [6.45, 7) is 0.555. The molecule has 0 aliphatic heterocycles. The van der Waals surface area contributed by atoms with Gasteiger partial charge >= 0.3 is 0 Å². The van der Waals surface area contributed by atoms with Crippen molar-refractivity contribution in [1.82, 2.24) is 5.32 Å². The lowest BCUT2D eigenvalue weighted by atomic mass is 9.97. The fourth-order valence-electron chi connectivity index (χ4n) is 2.93. The smallest absolute Gasteiger partial charge is 0.129 e. The zero-order valence-corrected chi connectivity index (χ0v) is 11.6. The highest BCUT2D eigenvalue weighted by Crippen LogP contribution is 2.31. The van der Waals surface area contributed by atoms with E-state index in [1.807, 2.05) is 13.1 Å². The van der Waals surface area contributed by atoms with Gasteiger partial charge in [0.2, 0.25) is 0 Å². The molecule has 3 nitrogen and oxygen atoms in total. The molecule has 1 heterocycles. The van der Waals surface area contributed by atoms with Gasteiger partial charge in [0.1, 0.15) is 18.1 Å². The number of methoxy groups -OCH3 is 1. The molecule has 0 saturated heterocycles. The van der Waals surface area contributed by atoms with Crippen molar-refractivity contribution in [3.8, 4) is 0 Å². The summed E-state index contributed by atoms with van der Waals surface area (Å²) in [7, 11) is 3.70. The van der Waals surface area contributed by atoms with Gasteiger partial charge < -0.3 is 14.5 Å². The SMILES string of the molecule is CNC(CCC1CCCC1)c1ccc(COC)o1. The van der Waals surface area contributed by atoms with E-state index in [-0.39, 0.29) is 0 Å². The molecule has 102 valence electrons. The Bertz CT molecular complexity index is 342. The summed E-state index contributed by atoms with van der Waals surface area (Å²) in [5.41, 5.74) is 0. The van der Waals surface area contributed by atoms with Crippen LogP contribution in [0.25, 0.3) is 0 Å². The summed E-state index contributed by atoms with van der Waals surface area (Å²) in [6, 6.07) is 4.43. The maximum atomic E-state index is 5.80. The van der Waals surface area contributed by atoms with Crippen LogP contribution in [0.4, 0.5) is 0 Å². The van der Waals surface area contributed by atoms with Crippen LogP contribution in [0.15, 0.2) is 16.5 Å². The molecule has 1 unspecified atom stereocenters. The first-order valence-corrected chi connectivity index (χ1v) is 7.08. The van der Waals surface area contributed by atoms with E-state index in [1.54, 1.807) is 7.11 Å².